The Morgan fingerprint density at radius 3 is 3.00 bits per heavy atom. The first-order valence-electron chi connectivity index (χ1n) is 3.22. The quantitative estimate of drug-likeness (QED) is 0.520. The topological polar surface area (TPSA) is 42.2 Å². The summed E-state index contributed by atoms with van der Waals surface area (Å²) in [5.74, 6) is 0.0726. The van der Waals surface area contributed by atoms with Gasteiger partial charge in [0.25, 0.3) is 5.91 Å². The maximum absolute atomic E-state index is 11.1. The second-order valence-electron chi connectivity index (χ2n) is 2.13. The summed E-state index contributed by atoms with van der Waals surface area (Å²) in [7, 11) is 0. The molecule has 1 aromatic rings. The molecule has 0 aliphatic rings. The van der Waals surface area contributed by atoms with Crippen LogP contribution in [0.3, 0.4) is 0 Å². The van der Waals surface area contributed by atoms with Gasteiger partial charge in [-0.3, -0.25) is 4.79 Å². The van der Waals surface area contributed by atoms with Crippen molar-refractivity contribution in [2.75, 3.05) is 0 Å². The molecule has 0 saturated heterocycles. The molecule has 11 heavy (non-hydrogen) atoms. The van der Waals surface area contributed by atoms with Crippen LogP contribution < -0.4 is 5.32 Å². The second-order valence-corrected chi connectivity index (χ2v) is 2.90. The highest BCUT2D eigenvalue weighted by atomic mass is 32.1. The Labute approximate surface area is 70.2 Å². The predicted molar refractivity (Wildman–Crippen MR) is 44.6 cm³/mol. The maximum Gasteiger partial charge on any atom is 0.287 e. The molecule has 0 aromatic carbocycles. The normalized spacial score (nSPS) is 12.5. The van der Waals surface area contributed by atoms with Crippen molar-refractivity contribution in [1.82, 2.24) is 5.32 Å². The lowest BCUT2D eigenvalue weighted by atomic mass is 10.4. The molecule has 1 aromatic heterocycles. The molecule has 0 spiro atoms. The molecule has 1 N–H and O–H groups in total. The predicted octanol–water partition coefficient (Wildman–Crippen LogP) is 1.29. The summed E-state index contributed by atoms with van der Waals surface area (Å²) in [4.78, 5) is 11.1. The van der Waals surface area contributed by atoms with E-state index in [1.165, 1.54) is 6.26 Å². The van der Waals surface area contributed by atoms with Crippen LogP contribution in [0.4, 0.5) is 0 Å². The van der Waals surface area contributed by atoms with Crippen LogP contribution in [0, 0.1) is 0 Å². The van der Waals surface area contributed by atoms with Crippen molar-refractivity contribution < 1.29 is 9.21 Å². The number of thiol groups is 1. The first kappa shape index (κ1) is 8.20. The van der Waals surface area contributed by atoms with E-state index in [1.54, 1.807) is 19.1 Å². The summed E-state index contributed by atoms with van der Waals surface area (Å²) < 4.78 is 4.85. The largest absolute Gasteiger partial charge is 0.459 e. The Kier molecular flexibility index (Phi) is 2.59. The fourth-order valence-electron chi connectivity index (χ4n) is 0.669. The molecule has 60 valence electrons. The van der Waals surface area contributed by atoms with Crippen LogP contribution in [0.1, 0.15) is 17.5 Å². The Balaban J connectivity index is 2.57. The monoisotopic (exact) mass is 171 g/mol. The van der Waals surface area contributed by atoms with Crippen molar-refractivity contribution in [1.29, 1.82) is 0 Å². The molecule has 1 heterocycles. The molecule has 0 aliphatic carbocycles. The van der Waals surface area contributed by atoms with Gasteiger partial charge in [0, 0.05) is 0 Å². The van der Waals surface area contributed by atoms with Gasteiger partial charge >= 0.3 is 0 Å². The van der Waals surface area contributed by atoms with Crippen LogP contribution in [0.2, 0.25) is 0 Å². The summed E-state index contributed by atoms with van der Waals surface area (Å²) in [6.45, 7) is 1.77. The number of carbonyl (C=O) groups is 1. The van der Waals surface area contributed by atoms with Gasteiger partial charge in [0.05, 0.1) is 11.6 Å². The Hall–Kier alpha value is -0.900. The van der Waals surface area contributed by atoms with Crippen LogP contribution in [0.5, 0.6) is 0 Å². The van der Waals surface area contributed by atoms with Crippen LogP contribution in [0.25, 0.3) is 0 Å². The first-order chi connectivity index (χ1) is 5.20. The highest BCUT2D eigenvalue weighted by molar-refractivity contribution is 7.80. The average Bonchev–Trinajstić information content (AvgIpc) is 2.35. The summed E-state index contributed by atoms with van der Waals surface area (Å²) in [6.07, 6.45) is 1.46. The van der Waals surface area contributed by atoms with Gasteiger partial charge < -0.3 is 9.73 Å². The summed E-state index contributed by atoms with van der Waals surface area (Å²) in [5, 5.41) is 2.42. The van der Waals surface area contributed by atoms with E-state index in [0.29, 0.717) is 5.76 Å². The zero-order valence-electron chi connectivity index (χ0n) is 6.07. The number of furan rings is 1. The van der Waals surface area contributed by atoms with Crippen molar-refractivity contribution >= 4 is 18.5 Å². The number of hydrogen-bond acceptors (Lipinski definition) is 3. The molecule has 1 atom stereocenters. The van der Waals surface area contributed by atoms with E-state index in [9.17, 15) is 4.79 Å². The van der Waals surface area contributed by atoms with Gasteiger partial charge in [0.2, 0.25) is 0 Å². The van der Waals surface area contributed by atoms with Crippen LogP contribution in [-0.2, 0) is 0 Å². The minimum atomic E-state index is -0.238. The van der Waals surface area contributed by atoms with Gasteiger partial charge in [-0.05, 0) is 19.1 Å². The van der Waals surface area contributed by atoms with Gasteiger partial charge in [-0.25, -0.2) is 0 Å². The smallest absolute Gasteiger partial charge is 0.287 e. The van der Waals surface area contributed by atoms with Gasteiger partial charge in [0.1, 0.15) is 0 Å². The maximum atomic E-state index is 11.1. The molecule has 0 bridgehead atoms. The van der Waals surface area contributed by atoms with E-state index in [1.807, 2.05) is 0 Å². The fourth-order valence-corrected chi connectivity index (χ4v) is 0.786. The van der Waals surface area contributed by atoms with Crippen LogP contribution in [-0.4, -0.2) is 11.3 Å². The third kappa shape index (κ3) is 2.31. The van der Waals surface area contributed by atoms with E-state index < -0.39 is 0 Å². The molecular formula is C7H9NO2S. The highest BCUT2D eigenvalue weighted by Crippen LogP contribution is 2.00. The third-order valence-electron chi connectivity index (χ3n) is 1.08. The molecule has 0 fully saturated rings. The average molecular weight is 171 g/mol. The van der Waals surface area contributed by atoms with Crippen molar-refractivity contribution in [2.45, 2.75) is 12.3 Å². The minimum absolute atomic E-state index is 0.160. The number of nitrogens with one attached hydrogen (secondary N) is 1. The Bertz CT molecular complexity index is 231. The third-order valence-corrected chi connectivity index (χ3v) is 1.21. The van der Waals surface area contributed by atoms with E-state index >= 15 is 0 Å². The van der Waals surface area contributed by atoms with E-state index in [0.717, 1.165) is 0 Å². The number of amides is 1. The molecule has 4 heteroatoms. The van der Waals surface area contributed by atoms with Gasteiger partial charge in [-0.2, -0.15) is 12.6 Å². The lowest BCUT2D eigenvalue weighted by Gasteiger charge is -2.03. The zero-order valence-corrected chi connectivity index (χ0v) is 6.97. The number of rotatable bonds is 2. The fraction of sp³-hybridized carbons (Fsp3) is 0.286. The Morgan fingerprint density at radius 2 is 2.55 bits per heavy atom. The van der Waals surface area contributed by atoms with Gasteiger partial charge in [0.15, 0.2) is 5.76 Å². The molecule has 0 radical (unpaired) electrons. The second kappa shape index (κ2) is 3.48. The van der Waals surface area contributed by atoms with Crippen LogP contribution in [0.15, 0.2) is 22.8 Å². The van der Waals surface area contributed by atoms with Crippen LogP contribution >= 0.6 is 12.6 Å². The molecule has 1 amide bonds. The lowest BCUT2D eigenvalue weighted by molar-refractivity contribution is 0.0924. The number of carbonyl (C=O) groups excluding carboxylic acids is 1. The highest BCUT2D eigenvalue weighted by Gasteiger charge is 2.08. The summed E-state index contributed by atoms with van der Waals surface area (Å²) in [5.41, 5.74) is 0. The zero-order chi connectivity index (χ0) is 8.27. The standard InChI is InChI=1S/C7H9NO2S/c1-5(11)8-7(9)6-3-2-4-10-6/h2-5,11H,1H3,(H,8,9). The van der Waals surface area contributed by atoms with Gasteiger partial charge in [-0.1, -0.05) is 0 Å². The minimum Gasteiger partial charge on any atom is -0.459 e. The van der Waals surface area contributed by atoms with E-state index in [2.05, 4.69) is 17.9 Å². The van der Waals surface area contributed by atoms with Crippen molar-refractivity contribution in [3.05, 3.63) is 24.2 Å². The van der Waals surface area contributed by atoms with Crippen molar-refractivity contribution in [2.24, 2.45) is 0 Å². The van der Waals surface area contributed by atoms with Gasteiger partial charge in [-0.15, -0.1) is 0 Å². The molecule has 1 unspecified atom stereocenters. The molecule has 1 rings (SSSR count). The molecular weight excluding hydrogens is 162 g/mol. The SMILES string of the molecule is CC(S)NC(=O)c1ccco1. The Morgan fingerprint density at radius 1 is 1.82 bits per heavy atom. The van der Waals surface area contributed by atoms with Crippen molar-refractivity contribution in [3.63, 3.8) is 0 Å². The van der Waals surface area contributed by atoms with E-state index in [4.69, 9.17) is 4.42 Å². The van der Waals surface area contributed by atoms with Crippen molar-refractivity contribution in [3.8, 4) is 0 Å². The van der Waals surface area contributed by atoms with E-state index in [-0.39, 0.29) is 11.3 Å². The molecule has 0 saturated carbocycles. The number of hydrogen-bond donors (Lipinski definition) is 2. The molecule has 0 aliphatic heterocycles. The summed E-state index contributed by atoms with van der Waals surface area (Å²) >= 11 is 3.99. The lowest BCUT2D eigenvalue weighted by Crippen LogP contribution is -2.28. The molecule has 3 nitrogen and oxygen atoms in total. The summed E-state index contributed by atoms with van der Waals surface area (Å²) in [6, 6.07) is 3.27. The first-order valence-corrected chi connectivity index (χ1v) is 3.74.